The van der Waals surface area contributed by atoms with E-state index in [2.05, 4.69) is 32.2 Å². The number of hydrogen-bond acceptors (Lipinski definition) is 8. The van der Waals surface area contributed by atoms with Gasteiger partial charge in [-0.05, 0) is 71.6 Å². The van der Waals surface area contributed by atoms with Gasteiger partial charge in [-0.25, -0.2) is 23.1 Å². The standard InChI is InChI=1S/C26H40N6O4S/c1-7-18-11-13-32(14-12-18)23-22(27-16-21(29-23)30-26(5,6)17-33)24(34)28-19-9-8-10-20(15-19)37(35,36)31-25(2,3)4/h8-10,15-16,18,31,33H,7,11-14,17H2,1-6H3,(H,28,34)(H,29,30). The van der Waals surface area contributed by atoms with Gasteiger partial charge in [0.15, 0.2) is 11.5 Å². The van der Waals surface area contributed by atoms with Gasteiger partial charge in [0.2, 0.25) is 10.0 Å². The van der Waals surface area contributed by atoms with Crippen LogP contribution in [0.5, 0.6) is 0 Å². The first-order valence-corrected chi connectivity index (χ1v) is 14.2. The van der Waals surface area contributed by atoms with E-state index < -0.39 is 27.0 Å². The zero-order valence-corrected chi connectivity index (χ0v) is 23.4. The third-order valence-electron chi connectivity index (χ3n) is 6.17. The van der Waals surface area contributed by atoms with Crippen molar-refractivity contribution in [2.24, 2.45) is 5.92 Å². The average molecular weight is 533 g/mol. The molecule has 1 aliphatic heterocycles. The SMILES string of the molecule is CCC1CCN(c2nc(NC(C)(C)CO)cnc2C(=O)Nc2cccc(S(=O)(=O)NC(C)(C)C)c2)CC1. The van der Waals surface area contributed by atoms with Gasteiger partial charge in [-0.2, -0.15) is 0 Å². The maximum absolute atomic E-state index is 13.4. The smallest absolute Gasteiger partial charge is 0.278 e. The van der Waals surface area contributed by atoms with E-state index in [1.807, 2.05) is 13.8 Å². The molecule has 0 saturated carbocycles. The van der Waals surface area contributed by atoms with Crippen LogP contribution in [0.4, 0.5) is 17.3 Å². The Morgan fingerprint density at radius 2 is 1.84 bits per heavy atom. The number of amides is 1. The van der Waals surface area contributed by atoms with E-state index in [1.165, 1.54) is 18.3 Å². The van der Waals surface area contributed by atoms with Crippen LogP contribution in [0.3, 0.4) is 0 Å². The molecule has 1 fully saturated rings. The van der Waals surface area contributed by atoms with Crippen molar-refractivity contribution in [2.75, 3.05) is 35.2 Å². The van der Waals surface area contributed by atoms with Gasteiger partial charge in [0, 0.05) is 24.3 Å². The largest absolute Gasteiger partial charge is 0.394 e. The lowest BCUT2D eigenvalue weighted by atomic mass is 9.94. The highest BCUT2D eigenvalue weighted by molar-refractivity contribution is 7.89. The average Bonchev–Trinajstić information content (AvgIpc) is 2.82. The van der Waals surface area contributed by atoms with Crippen LogP contribution in [-0.4, -0.2) is 60.2 Å². The summed E-state index contributed by atoms with van der Waals surface area (Å²) in [6.07, 6.45) is 4.59. The van der Waals surface area contributed by atoms with E-state index in [1.54, 1.807) is 32.9 Å². The number of piperidine rings is 1. The molecular formula is C26H40N6O4S. The van der Waals surface area contributed by atoms with Crippen LogP contribution in [-0.2, 0) is 10.0 Å². The summed E-state index contributed by atoms with van der Waals surface area (Å²) in [7, 11) is -3.77. The highest BCUT2D eigenvalue weighted by Crippen LogP contribution is 2.28. The fraction of sp³-hybridized carbons (Fsp3) is 0.577. The Labute approximate surface area is 220 Å². The summed E-state index contributed by atoms with van der Waals surface area (Å²) in [5.74, 6) is 1.09. The fourth-order valence-corrected chi connectivity index (χ4v) is 5.62. The van der Waals surface area contributed by atoms with Crippen molar-refractivity contribution in [3.05, 3.63) is 36.2 Å². The third-order valence-corrected chi connectivity index (χ3v) is 7.92. The molecule has 4 N–H and O–H groups in total. The van der Waals surface area contributed by atoms with Crippen molar-refractivity contribution >= 4 is 33.3 Å². The fourth-order valence-electron chi connectivity index (χ4n) is 4.15. The van der Waals surface area contributed by atoms with Crippen LogP contribution in [0, 0.1) is 5.92 Å². The van der Waals surface area contributed by atoms with E-state index in [0.29, 0.717) is 23.2 Å². The highest BCUT2D eigenvalue weighted by Gasteiger charge is 2.27. The molecule has 3 rings (SSSR count). The van der Waals surface area contributed by atoms with Gasteiger partial charge in [-0.3, -0.25) is 4.79 Å². The lowest BCUT2D eigenvalue weighted by Gasteiger charge is -2.33. The van der Waals surface area contributed by atoms with Crippen LogP contribution in [0.25, 0.3) is 0 Å². The number of rotatable bonds is 9. The normalized spacial score (nSPS) is 15.5. The van der Waals surface area contributed by atoms with E-state index >= 15 is 0 Å². The predicted octanol–water partition coefficient (Wildman–Crippen LogP) is 3.61. The van der Waals surface area contributed by atoms with Crippen LogP contribution in [0.15, 0.2) is 35.4 Å². The van der Waals surface area contributed by atoms with Gasteiger partial charge >= 0.3 is 0 Å². The molecule has 1 aliphatic rings. The predicted molar refractivity (Wildman–Crippen MR) is 147 cm³/mol. The van der Waals surface area contributed by atoms with E-state index in [4.69, 9.17) is 4.98 Å². The number of carbonyl (C=O) groups is 1. The second-order valence-electron chi connectivity index (χ2n) is 11.3. The monoisotopic (exact) mass is 532 g/mol. The summed E-state index contributed by atoms with van der Waals surface area (Å²) in [6, 6.07) is 6.12. The zero-order valence-electron chi connectivity index (χ0n) is 22.6. The Morgan fingerprint density at radius 3 is 2.43 bits per heavy atom. The molecule has 37 heavy (non-hydrogen) atoms. The minimum absolute atomic E-state index is 0.0546. The topological polar surface area (TPSA) is 137 Å². The Kier molecular flexibility index (Phi) is 8.81. The van der Waals surface area contributed by atoms with Gasteiger partial charge in [-0.1, -0.05) is 19.4 Å². The first-order chi connectivity index (χ1) is 17.2. The van der Waals surface area contributed by atoms with Crippen LogP contribution in [0.1, 0.15) is 71.3 Å². The first-order valence-electron chi connectivity index (χ1n) is 12.7. The molecule has 1 aromatic heterocycles. The molecule has 1 saturated heterocycles. The number of sulfonamides is 1. The second-order valence-corrected chi connectivity index (χ2v) is 13.0. The summed E-state index contributed by atoms with van der Waals surface area (Å²) >= 11 is 0. The summed E-state index contributed by atoms with van der Waals surface area (Å²) in [4.78, 5) is 24.6. The highest BCUT2D eigenvalue weighted by atomic mass is 32.2. The number of aliphatic hydroxyl groups is 1. The molecule has 0 unspecified atom stereocenters. The molecule has 2 aromatic rings. The van der Waals surface area contributed by atoms with E-state index in [-0.39, 0.29) is 17.2 Å². The van der Waals surface area contributed by atoms with Crippen LogP contribution >= 0.6 is 0 Å². The Bertz CT molecular complexity index is 1200. The lowest BCUT2D eigenvalue weighted by molar-refractivity contribution is 0.102. The Balaban J connectivity index is 1.90. The lowest BCUT2D eigenvalue weighted by Crippen LogP contribution is -2.40. The summed E-state index contributed by atoms with van der Waals surface area (Å²) in [5.41, 5.74) is -0.766. The van der Waals surface area contributed by atoms with Crippen LogP contribution in [0.2, 0.25) is 0 Å². The van der Waals surface area contributed by atoms with Crippen molar-refractivity contribution in [3.63, 3.8) is 0 Å². The summed E-state index contributed by atoms with van der Waals surface area (Å²) in [5, 5.41) is 15.6. The Morgan fingerprint density at radius 1 is 1.16 bits per heavy atom. The third kappa shape index (κ3) is 7.86. The molecule has 1 amide bonds. The maximum Gasteiger partial charge on any atom is 0.278 e. The molecule has 0 radical (unpaired) electrons. The number of hydrogen-bond donors (Lipinski definition) is 4. The van der Waals surface area contributed by atoms with Gasteiger partial charge in [0.25, 0.3) is 5.91 Å². The minimum atomic E-state index is -3.77. The molecule has 1 aromatic carbocycles. The Hall–Kier alpha value is -2.76. The summed E-state index contributed by atoms with van der Waals surface area (Å²) in [6.45, 7) is 12.6. The molecule has 10 nitrogen and oxygen atoms in total. The van der Waals surface area contributed by atoms with Gasteiger partial charge in [0.05, 0.1) is 23.2 Å². The molecule has 11 heteroatoms. The minimum Gasteiger partial charge on any atom is -0.394 e. The van der Waals surface area contributed by atoms with E-state index in [0.717, 1.165) is 32.4 Å². The first kappa shape index (κ1) is 28.8. The molecule has 0 atom stereocenters. The molecule has 204 valence electrons. The number of nitrogens with one attached hydrogen (secondary N) is 3. The van der Waals surface area contributed by atoms with Crippen molar-refractivity contribution in [1.82, 2.24) is 14.7 Å². The molecule has 2 heterocycles. The molecule has 0 aliphatic carbocycles. The number of aliphatic hydroxyl groups excluding tert-OH is 1. The van der Waals surface area contributed by atoms with Crippen molar-refractivity contribution in [1.29, 1.82) is 0 Å². The van der Waals surface area contributed by atoms with Crippen LogP contribution < -0.4 is 20.3 Å². The van der Waals surface area contributed by atoms with Crippen molar-refractivity contribution in [2.45, 2.75) is 76.8 Å². The quantitative estimate of drug-likeness (QED) is 0.384. The van der Waals surface area contributed by atoms with Crippen molar-refractivity contribution < 1.29 is 18.3 Å². The molecule has 0 spiro atoms. The maximum atomic E-state index is 13.4. The number of nitrogens with zero attached hydrogens (tertiary/aromatic N) is 3. The summed E-state index contributed by atoms with van der Waals surface area (Å²) < 4.78 is 28.2. The van der Waals surface area contributed by atoms with Crippen molar-refractivity contribution in [3.8, 4) is 0 Å². The van der Waals surface area contributed by atoms with Gasteiger partial charge < -0.3 is 20.6 Å². The number of carbonyl (C=O) groups excluding carboxylic acids is 1. The number of benzene rings is 1. The van der Waals surface area contributed by atoms with Gasteiger partial charge in [-0.15, -0.1) is 0 Å². The number of anilines is 3. The molecule has 0 bridgehead atoms. The van der Waals surface area contributed by atoms with Gasteiger partial charge in [0.1, 0.15) is 5.82 Å². The van der Waals surface area contributed by atoms with E-state index in [9.17, 15) is 18.3 Å². The second kappa shape index (κ2) is 11.3. The molecular weight excluding hydrogens is 492 g/mol. The number of aromatic nitrogens is 2. The zero-order chi connectivity index (χ0) is 27.4.